The van der Waals surface area contributed by atoms with E-state index in [1.54, 1.807) is 0 Å². The van der Waals surface area contributed by atoms with E-state index in [4.69, 9.17) is 10.8 Å². The lowest BCUT2D eigenvalue weighted by Gasteiger charge is -2.14. The Kier molecular flexibility index (Phi) is 3.55. The van der Waals surface area contributed by atoms with Crippen molar-refractivity contribution in [2.45, 2.75) is 24.7 Å². The normalized spacial score (nSPS) is 17.4. The number of aliphatic hydroxyl groups is 1. The number of nitrogen functional groups attached to an aromatic ring is 1. The number of benzene rings is 1. The van der Waals surface area contributed by atoms with Crippen LogP contribution in [0.5, 0.6) is 0 Å². The van der Waals surface area contributed by atoms with Gasteiger partial charge in [-0.05, 0) is 37.5 Å². The highest BCUT2D eigenvalue weighted by atomic mass is 32.2. The highest BCUT2D eigenvalue weighted by molar-refractivity contribution is 7.89. The van der Waals surface area contributed by atoms with Crippen molar-refractivity contribution in [1.29, 1.82) is 0 Å². The molecule has 0 bridgehead atoms. The van der Waals surface area contributed by atoms with Crippen molar-refractivity contribution in [2.75, 3.05) is 18.9 Å². The van der Waals surface area contributed by atoms with Crippen molar-refractivity contribution in [3.8, 4) is 0 Å². The maximum atomic E-state index is 13.4. The molecule has 0 atom stereocenters. The van der Waals surface area contributed by atoms with Crippen LogP contribution in [0.3, 0.4) is 0 Å². The van der Waals surface area contributed by atoms with E-state index in [9.17, 15) is 12.8 Å². The molecule has 0 spiro atoms. The third kappa shape index (κ3) is 2.88. The quantitative estimate of drug-likeness (QED) is 0.698. The van der Waals surface area contributed by atoms with Gasteiger partial charge in [-0.15, -0.1) is 0 Å². The van der Waals surface area contributed by atoms with E-state index < -0.39 is 15.8 Å². The van der Waals surface area contributed by atoms with Gasteiger partial charge in [0, 0.05) is 18.6 Å². The Morgan fingerprint density at radius 3 is 2.58 bits per heavy atom. The highest BCUT2D eigenvalue weighted by Gasteiger charge is 2.42. The van der Waals surface area contributed by atoms with Gasteiger partial charge in [0.25, 0.3) is 0 Å². The van der Waals surface area contributed by atoms with Crippen molar-refractivity contribution in [1.82, 2.24) is 4.72 Å². The van der Waals surface area contributed by atoms with E-state index >= 15 is 0 Å². The van der Waals surface area contributed by atoms with E-state index in [0.29, 0.717) is 0 Å². The van der Waals surface area contributed by atoms with Crippen molar-refractivity contribution < 1.29 is 17.9 Å². The van der Waals surface area contributed by atoms with Crippen LogP contribution in [0.4, 0.5) is 10.1 Å². The molecule has 1 aliphatic rings. The second-order valence-corrected chi connectivity index (χ2v) is 6.89. The third-order valence-electron chi connectivity index (χ3n) is 3.50. The Morgan fingerprint density at radius 1 is 1.47 bits per heavy atom. The predicted octanol–water partition coefficient (Wildman–Crippen LogP) is 0.767. The average molecular weight is 288 g/mol. The van der Waals surface area contributed by atoms with Crippen LogP contribution in [0.1, 0.15) is 18.4 Å². The smallest absolute Gasteiger partial charge is 0.240 e. The lowest BCUT2D eigenvalue weighted by molar-refractivity contribution is 0.213. The van der Waals surface area contributed by atoms with E-state index in [1.165, 1.54) is 13.0 Å². The van der Waals surface area contributed by atoms with Gasteiger partial charge in [0.15, 0.2) is 0 Å². The maximum Gasteiger partial charge on any atom is 0.240 e. The number of nitrogens with one attached hydrogen (secondary N) is 1. The molecule has 0 aromatic heterocycles. The Bertz CT molecular complexity index is 574. The highest BCUT2D eigenvalue weighted by Crippen LogP contribution is 2.44. The lowest BCUT2D eigenvalue weighted by Crippen LogP contribution is -2.32. The molecule has 7 heteroatoms. The third-order valence-corrected chi connectivity index (χ3v) is 4.88. The van der Waals surface area contributed by atoms with Gasteiger partial charge in [-0.25, -0.2) is 17.5 Å². The molecule has 0 heterocycles. The first-order chi connectivity index (χ1) is 8.80. The fourth-order valence-corrected chi connectivity index (χ4v) is 3.09. The number of halogens is 1. The Hall–Kier alpha value is -1.18. The maximum absolute atomic E-state index is 13.4. The molecule has 0 unspecified atom stereocenters. The molecule has 0 aliphatic heterocycles. The van der Waals surface area contributed by atoms with Gasteiger partial charge in [-0.1, -0.05) is 0 Å². The first-order valence-corrected chi connectivity index (χ1v) is 7.44. The Morgan fingerprint density at radius 2 is 2.11 bits per heavy atom. The number of aliphatic hydroxyl groups excluding tert-OH is 1. The van der Waals surface area contributed by atoms with Gasteiger partial charge in [0.1, 0.15) is 5.82 Å². The average Bonchev–Trinajstić information content (AvgIpc) is 3.14. The van der Waals surface area contributed by atoms with Crippen LogP contribution in [-0.2, 0) is 10.0 Å². The minimum Gasteiger partial charge on any atom is -0.396 e. The van der Waals surface area contributed by atoms with E-state index in [0.717, 1.165) is 18.9 Å². The van der Waals surface area contributed by atoms with Gasteiger partial charge in [0.2, 0.25) is 10.0 Å². The fraction of sp³-hybridized carbons (Fsp3) is 0.500. The molecule has 1 aromatic rings. The molecule has 0 saturated heterocycles. The number of anilines is 1. The second kappa shape index (κ2) is 4.73. The summed E-state index contributed by atoms with van der Waals surface area (Å²) in [6, 6.07) is 2.34. The van der Waals surface area contributed by atoms with Gasteiger partial charge in [-0.2, -0.15) is 0 Å². The first-order valence-electron chi connectivity index (χ1n) is 5.96. The van der Waals surface area contributed by atoms with E-state index in [1.807, 2.05) is 0 Å². The number of hydrogen-bond acceptors (Lipinski definition) is 4. The summed E-state index contributed by atoms with van der Waals surface area (Å²) in [4.78, 5) is -0.0577. The van der Waals surface area contributed by atoms with Gasteiger partial charge >= 0.3 is 0 Å². The summed E-state index contributed by atoms with van der Waals surface area (Å²) < 4.78 is 39.9. The molecule has 1 fully saturated rings. The van der Waals surface area contributed by atoms with Gasteiger partial charge < -0.3 is 10.8 Å². The summed E-state index contributed by atoms with van der Waals surface area (Å²) >= 11 is 0. The van der Waals surface area contributed by atoms with Crippen molar-refractivity contribution in [2.24, 2.45) is 5.41 Å². The number of sulfonamides is 1. The zero-order chi connectivity index (χ0) is 14.3. The molecule has 0 radical (unpaired) electrons. The van der Waals surface area contributed by atoms with Crippen molar-refractivity contribution in [3.05, 3.63) is 23.5 Å². The molecule has 0 amide bonds. The largest absolute Gasteiger partial charge is 0.396 e. The summed E-state index contributed by atoms with van der Waals surface area (Å²) in [7, 11) is -3.73. The SMILES string of the molecule is Cc1cc(S(=O)(=O)NCC2(CO)CC2)cc(N)c1F. The molecule has 4 N–H and O–H groups in total. The van der Waals surface area contributed by atoms with Crippen LogP contribution in [0.15, 0.2) is 17.0 Å². The molecule has 1 saturated carbocycles. The fourth-order valence-electron chi connectivity index (χ4n) is 1.82. The zero-order valence-electron chi connectivity index (χ0n) is 10.6. The van der Waals surface area contributed by atoms with Crippen LogP contribution in [0, 0.1) is 18.2 Å². The van der Waals surface area contributed by atoms with Gasteiger partial charge in [0.05, 0.1) is 10.6 Å². The molecule has 19 heavy (non-hydrogen) atoms. The molecule has 2 rings (SSSR count). The summed E-state index contributed by atoms with van der Waals surface area (Å²) in [6.07, 6.45) is 1.60. The van der Waals surface area contributed by atoms with Crippen LogP contribution >= 0.6 is 0 Å². The monoisotopic (exact) mass is 288 g/mol. The van der Waals surface area contributed by atoms with E-state index in [-0.39, 0.29) is 34.7 Å². The lowest BCUT2D eigenvalue weighted by atomic mass is 10.1. The standard InChI is InChI=1S/C12H17FN2O3S/c1-8-4-9(5-10(14)11(8)13)19(17,18)15-6-12(7-16)2-3-12/h4-5,15-16H,2-3,6-7,14H2,1H3. The minimum atomic E-state index is -3.73. The summed E-state index contributed by atoms with van der Waals surface area (Å²) in [5.74, 6) is -0.604. The predicted molar refractivity (Wildman–Crippen MR) is 69.5 cm³/mol. The summed E-state index contributed by atoms with van der Waals surface area (Å²) in [5.41, 5.74) is 5.10. The number of hydrogen-bond donors (Lipinski definition) is 3. The Labute approximate surface area is 111 Å². The number of nitrogens with two attached hydrogens (primary N) is 1. The van der Waals surface area contributed by atoms with Crippen LogP contribution < -0.4 is 10.5 Å². The summed E-state index contributed by atoms with van der Waals surface area (Å²) in [5, 5.41) is 9.14. The minimum absolute atomic E-state index is 0.0416. The molecule has 1 aromatic carbocycles. The van der Waals surface area contributed by atoms with Crippen molar-refractivity contribution in [3.63, 3.8) is 0 Å². The first kappa shape index (κ1) is 14.2. The van der Waals surface area contributed by atoms with E-state index in [2.05, 4.69) is 4.72 Å². The van der Waals surface area contributed by atoms with Crippen LogP contribution in [-0.4, -0.2) is 26.7 Å². The Balaban J connectivity index is 2.20. The molecular weight excluding hydrogens is 271 g/mol. The second-order valence-electron chi connectivity index (χ2n) is 5.13. The number of aryl methyl sites for hydroxylation is 1. The zero-order valence-corrected chi connectivity index (χ0v) is 11.4. The molecular formula is C12H17FN2O3S. The molecule has 5 nitrogen and oxygen atoms in total. The van der Waals surface area contributed by atoms with Crippen molar-refractivity contribution >= 4 is 15.7 Å². The molecule has 106 valence electrons. The van der Waals surface area contributed by atoms with Gasteiger partial charge in [-0.3, -0.25) is 0 Å². The van der Waals surface area contributed by atoms with Crippen LogP contribution in [0.25, 0.3) is 0 Å². The van der Waals surface area contributed by atoms with Crippen LogP contribution in [0.2, 0.25) is 0 Å². The molecule has 1 aliphatic carbocycles. The topological polar surface area (TPSA) is 92.4 Å². The summed E-state index contributed by atoms with van der Waals surface area (Å²) in [6.45, 7) is 1.60. The number of rotatable bonds is 5.